The topological polar surface area (TPSA) is 18.5 Å². The van der Waals surface area contributed by atoms with Crippen LogP contribution in [0.5, 0.6) is 0 Å². The molecule has 0 aromatic heterocycles. The molecule has 0 aliphatic carbocycles. The van der Waals surface area contributed by atoms with Crippen molar-refractivity contribution in [2.75, 3.05) is 13.2 Å². The van der Waals surface area contributed by atoms with E-state index >= 15 is 0 Å². The van der Waals surface area contributed by atoms with Gasteiger partial charge in [-0.25, -0.2) is 13.2 Å². The van der Waals surface area contributed by atoms with Gasteiger partial charge in [-0.1, -0.05) is 61.5 Å². The highest BCUT2D eigenvalue weighted by molar-refractivity contribution is 5.71. The summed E-state index contributed by atoms with van der Waals surface area (Å²) in [6.07, 6.45) is 3.72. The zero-order chi connectivity index (χ0) is 22.7. The molecular formula is C27H25F3O2. The molecule has 0 N–H and O–H groups in total. The molecular weight excluding hydrogens is 413 g/mol. The summed E-state index contributed by atoms with van der Waals surface area (Å²) in [5.41, 5.74) is 3.17. The van der Waals surface area contributed by atoms with E-state index in [4.69, 9.17) is 9.47 Å². The summed E-state index contributed by atoms with van der Waals surface area (Å²) in [7, 11) is 0. The molecule has 2 nitrogen and oxygen atoms in total. The second-order valence-corrected chi connectivity index (χ2v) is 7.83. The van der Waals surface area contributed by atoms with E-state index in [2.05, 4.69) is 0 Å². The Morgan fingerprint density at radius 3 is 2.12 bits per heavy atom. The average Bonchev–Trinajstić information content (AvgIpc) is 2.82. The minimum absolute atomic E-state index is 0.170. The van der Waals surface area contributed by atoms with E-state index in [-0.39, 0.29) is 23.6 Å². The highest BCUT2D eigenvalue weighted by atomic mass is 19.2. The van der Waals surface area contributed by atoms with Gasteiger partial charge in [-0.05, 0) is 53.3 Å². The van der Waals surface area contributed by atoms with Crippen LogP contribution in [0.3, 0.4) is 0 Å². The van der Waals surface area contributed by atoms with Crippen molar-refractivity contribution in [2.45, 2.75) is 32.5 Å². The predicted molar refractivity (Wildman–Crippen MR) is 120 cm³/mol. The Morgan fingerprint density at radius 1 is 0.844 bits per heavy atom. The lowest BCUT2D eigenvalue weighted by Crippen LogP contribution is -2.29. The van der Waals surface area contributed by atoms with Crippen molar-refractivity contribution in [1.82, 2.24) is 0 Å². The molecule has 0 amide bonds. The summed E-state index contributed by atoms with van der Waals surface area (Å²) >= 11 is 0. The molecule has 0 bridgehead atoms. The van der Waals surface area contributed by atoms with Crippen LogP contribution in [0.4, 0.5) is 13.2 Å². The summed E-state index contributed by atoms with van der Waals surface area (Å²) in [5, 5.41) is 0. The van der Waals surface area contributed by atoms with E-state index in [9.17, 15) is 13.2 Å². The van der Waals surface area contributed by atoms with Gasteiger partial charge in [0.1, 0.15) is 5.82 Å². The smallest absolute Gasteiger partial charge is 0.176 e. The molecule has 1 aliphatic rings. The fraction of sp³-hybridized carbons (Fsp3) is 0.259. The van der Waals surface area contributed by atoms with E-state index in [0.717, 1.165) is 5.56 Å². The van der Waals surface area contributed by atoms with Crippen molar-refractivity contribution >= 4 is 0 Å². The normalized spacial score (nSPS) is 18.9. The van der Waals surface area contributed by atoms with Gasteiger partial charge < -0.3 is 9.47 Å². The minimum atomic E-state index is -0.846. The average molecular weight is 438 g/mol. The molecule has 1 saturated heterocycles. The van der Waals surface area contributed by atoms with Crippen LogP contribution >= 0.6 is 0 Å². The van der Waals surface area contributed by atoms with Crippen LogP contribution < -0.4 is 0 Å². The van der Waals surface area contributed by atoms with Gasteiger partial charge in [0.05, 0.1) is 13.2 Å². The Morgan fingerprint density at radius 2 is 1.50 bits per heavy atom. The van der Waals surface area contributed by atoms with E-state index in [1.807, 2.05) is 25.1 Å². The molecule has 166 valence electrons. The summed E-state index contributed by atoms with van der Waals surface area (Å²) < 4.78 is 54.7. The molecule has 3 aromatic rings. The van der Waals surface area contributed by atoms with Crippen molar-refractivity contribution in [3.63, 3.8) is 0 Å². The van der Waals surface area contributed by atoms with E-state index < -0.39 is 11.6 Å². The van der Waals surface area contributed by atoms with Crippen LogP contribution in [0.15, 0.2) is 66.7 Å². The summed E-state index contributed by atoms with van der Waals surface area (Å²) in [4.78, 5) is 0. The Bertz CT molecular complexity index is 1110. The van der Waals surface area contributed by atoms with Crippen molar-refractivity contribution in [2.24, 2.45) is 0 Å². The van der Waals surface area contributed by atoms with Crippen molar-refractivity contribution in [1.29, 1.82) is 0 Å². The summed E-state index contributed by atoms with van der Waals surface area (Å²) in [6, 6.07) is 15.3. The molecule has 0 spiro atoms. The SMILES string of the molecule is C/C=C/C1OCC(c2ccc(-c3ccc(-c4ccc(CC)c(F)c4F)cc3)cc2F)CO1. The standard InChI is InChI=1S/C27H25F3O2/c1-3-5-25-31-15-21(16-32-25)22-12-11-20(14-24(22)28)18-6-8-19(9-7-18)23-13-10-17(4-2)26(29)27(23)30/h3,5-14,21,25H,4,15-16H2,1-2H3/b5-3+. The highest BCUT2D eigenvalue weighted by Gasteiger charge is 2.24. The Hall–Kier alpha value is -2.89. The highest BCUT2D eigenvalue weighted by Crippen LogP contribution is 2.31. The van der Waals surface area contributed by atoms with Crippen molar-refractivity contribution in [3.8, 4) is 22.3 Å². The van der Waals surface area contributed by atoms with Crippen LogP contribution in [-0.4, -0.2) is 19.5 Å². The molecule has 5 heteroatoms. The fourth-order valence-corrected chi connectivity index (χ4v) is 3.93. The Kier molecular flexibility index (Phi) is 6.77. The number of hydrogen-bond donors (Lipinski definition) is 0. The maximum Gasteiger partial charge on any atom is 0.176 e. The number of rotatable bonds is 5. The van der Waals surface area contributed by atoms with Gasteiger partial charge in [0.25, 0.3) is 0 Å². The second-order valence-electron chi connectivity index (χ2n) is 7.83. The molecule has 1 fully saturated rings. The third kappa shape index (κ3) is 4.50. The number of ether oxygens (including phenoxy) is 2. The Balaban J connectivity index is 1.53. The molecule has 0 radical (unpaired) electrons. The number of benzene rings is 3. The number of aryl methyl sites for hydroxylation is 1. The van der Waals surface area contributed by atoms with Crippen LogP contribution in [-0.2, 0) is 15.9 Å². The maximum atomic E-state index is 14.9. The number of hydrogen-bond acceptors (Lipinski definition) is 2. The third-order valence-corrected chi connectivity index (χ3v) is 5.79. The van der Waals surface area contributed by atoms with Crippen LogP contribution in [0.1, 0.15) is 30.9 Å². The molecule has 32 heavy (non-hydrogen) atoms. The first-order valence-electron chi connectivity index (χ1n) is 10.7. The Labute approximate surface area is 186 Å². The van der Waals surface area contributed by atoms with Crippen LogP contribution in [0.25, 0.3) is 22.3 Å². The first-order valence-corrected chi connectivity index (χ1v) is 10.7. The second kappa shape index (κ2) is 9.72. The van der Waals surface area contributed by atoms with Gasteiger partial charge >= 0.3 is 0 Å². The van der Waals surface area contributed by atoms with Gasteiger partial charge in [-0.3, -0.25) is 0 Å². The largest absolute Gasteiger partial charge is 0.348 e. The molecule has 0 unspecified atom stereocenters. The molecule has 1 heterocycles. The molecule has 0 atom stereocenters. The number of halogens is 3. The lowest BCUT2D eigenvalue weighted by Gasteiger charge is -2.28. The number of allylic oxidation sites excluding steroid dienone is 1. The first kappa shape index (κ1) is 22.3. The van der Waals surface area contributed by atoms with Crippen molar-refractivity contribution in [3.05, 3.63) is 95.3 Å². The lowest BCUT2D eigenvalue weighted by molar-refractivity contribution is -0.159. The molecule has 0 saturated carbocycles. The van der Waals surface area contributed by atoms with Gasteiger partial charge in [0.15, 0.2) is 17.9 Å². The van der Waals surface area contributed by atoms with Gasteiger partial charge in [-0.15, -0.1) is 0 Å². The van der Waals surface area contributed by atoms with Crippen molar-refractivity contribution < 1.29 is 22.6 Å². The van der Waals surface area contributed by atoms with Crippen LogP contribution in [0, 0.1) is 17.5 Å². The lowest BCUT2D eigenvalue weighted by atomic mass is 9.95. The first-order chi connectivity index (χ1) is 15.5. The maximum absolute atomic E-state index is 14.9. The van der Waals surface area contributed by atoms with Gasteiger partial charge in [0, 0.05) is 11.5 Å². The predicted octanol–water partition coefficient (Wildman–Crippen LogP) is 7.03. The van der Waals surface area contributed by atoms with E-state index in [1.165, 1.54) is 6.07 Å². The molecule has 1 aliphatic heterocycles. The van der Waals surface area contributed by atoms with E-state index in [1.54, 1.807) is 49.4 Å². The summed E-state index contributed by atoms with van der Waals surface area (Å²) in [6.45, 7) is 4.45. The van der Waals surface area contributed by atoms with Gasteiger partial charge in [0.2, 0.25) is 0 Å². The van der Waals surface area contributed by atoms with Gasteiger partial charge in [-0.2, -0.15) is 0 Å². The quantitative estimate of drug-likeness (QED) is 0.398. The molecule has 4 rings (SSSR count). The minimum Gasteiger partial charge on any atom is -0.348 e. The monoisotopic (exact) mass is 438 g/mol. The summed E-state index contributed by atoms with van der Waals surface area (Å²) in [5.74, 6) is -2.14. The zero-order valence-corrected chi connectivity index (χ0v) is 18.1. The third-order valence-electron chi connectivity index (χ3n) is 5.79. The fourth-order valence-electron chi connectivity index (χ4n) is 3.93. The van der Waals surface area contributed by atoms with Crippen LogP contribution in [0.2, 0.25) is 0 Å². The molecule has 3 aromatic carbocycles. The van der Waals surface area contributed by atoms with E-state index in [0.29, 0.717) is 41.9 Å². The zero-order valence-electron chi connectivity index (χ0n) is 18.1.